The van der Waals surface area contributed by atoms with Gasteiger partial charge in [0.2, 0.25) is 0 Å². The molecule has 1 atom stereocenters. The van der Waals surface area contributed by atoms with E-state index >= 15 is 0 Å². The Kier molecular flexibility index (Phi) is 5.38. The molecule has 0 radical (unpaired) electrons. The smallest absolute Gasteiger partial charge is 0.122 e. The van der Waals surface area contributed by atoms with Gasteiger partial charge in [0.05, 0.1) is 11.6 Å². The molecule has 1 aliphatic heterocycles. The molecule has 2 rings (SSSR count). The van der Waals surface area contributed by atoms with E-state index in [1.54, 1.807) is 0 Å². The van der Waals surface area contributed by atoms with E-state index in [9.17, 15) is 0 Å². The average molecular weight is 292 g/mol. The molecule has 20 heavy (non-hydrogen) atoms. The highest BCUT2D eigenvalue weighted by molar-refractivity contribution is 7.80. The minimum atomic E-state index is 0.455. The van der Waals surface area contributed by atoms with E-state index in [0.29, 0.717) is 16.8 Å². The van der Waals surface area contributed by atoms with E-state index in [-0.39, 0.29) is 0 Å². The zero-order chi connectivity index (χ0) is 14.5. The zero-order valence-corrected chi connectivity index (χ0v) is 13.2. The summed E-state index contributed by atoms with van der Waals surface area (Å²) < 4.78 is 5.77. The highest BCUT2D eigenvalue weighted by Gasteiger charge is 2.25. The summed E-state index contributed by atoms with van der Waals surface area (Å²) in [4.78, 5) is 3.06. The summed E-state index contributed by atoms with van der Waals surface area (Å²) in [5.74, 6) is 2.13. The number of ether oxygens (including phenoxy) is 1. The van der Waals surface area contributed by atoms with Crippen molar-refractivity contribution in [2.45, 2.75) is 26.2 Å². The van der Waals surface area contributed by atoms with Crippen LogP contribution in [-0.4, -0.2) is 36.1 Å². The molecular weight excluding hydrogens is 268 g/mol. The topological polar surface area (TPSA) is 38.5 Å². The van der Waals surface area contributed by atoms with E-state index in [0.717, 1.165) is 38.4 Å². The molecule has 1 heterocycles. The molecule has 1 aliphatic rings. The number of para-hydroxylation sites is 1. The highest BCUT2D eigenvalue weighted by Crippen LogP contribution is 2.33. The summed E-state index contributed by atoms with van der Waals surface area (Å²) in [6.07, 6.45) is 0.789. The van der Waals surface area contributed by atoms with Gasteiger partial charge in [-0.2, -0.15) is 0 Å². The van der Waals surface area contributed by atoms with E-state index in [2.05, 4.69) is 36.9 Å². The van der Waals surface area contributed by atoms with Gasteiger partial charge in [-0.05, 0) is 12.0 Å². The molecule has 0 bridgehead atoms. The number of hydrogen-bond donors (Lipinski definition) is 1. The van der Waals surface area contributed by atoms with Gasteiger partial charge in [-0.3, -0.25) is 0 Å². The number of thiocarbonyl (C=S) groups is 1. The molecule has 4 heteroatoms. The Balaban J connectivity index is 1.99. The van der Waals surface area contributed by atoms with Crippen LogP contribution in [0.25, 0.3) is 0 Å². The lowest BCUT2D eigenvalue weighted by Crippen LogP contribution is -2.35. The van der Waals surface area contributed by atoms with Gasteiger partial charge >= 0.3 is 0 Å². The standard InChI is InChI=1S/C16H24N2OS/c1-12(2)9-18(8-7-16(17)20)10-13-11-19-15-6-4-3-5-14(13)15/h3-6,12-13H,7-11H2,1-2H3,(H2,17,20). The maximum Gasteiger partial charge on any atom is 0.122 e. The Morgan fingerprint density at radius 3 is 2.90 bits per heavy atom. The van der Waals surface area contributed by atoms with Crippen LogP contribution < -0.4 is 10.5 Å². The van der Waals surface area contributed by atoms with Crippen LogP contribution in [0, 0.1) is 5.92 Å². The number of nitrogens with two attached hydrogens (primary N) is 1. The predicted molar refractivity (Wildman–Crippen MR) is 87.4 cm³/mol. The Morgan fingerprint density at radius 1 is 1.45 bits per heavy atom. The van der Waals surface area contributed by atoms with Crippen molar-refractivity contribution < 1.29 is 4.74 Å². The first-order valence-corrected chi connectivity index (χ1v) is 7.69. The average Bonchev–Trinajstić information content (AvgIpc) is 2.79. The Labute approximate surface area is 127 Å². The third-order valence-electron chi connectivity index (χ3n) is 3.58. The first-order chi connectivity index (χ1) is 9.56. The number of benzene rings is 1. The third kappa shape index (κ3) is 4.18. The molecule has 0 spiro atoms. The van der Waals surface area contributed by atoms with Crippen LogP contribution in [0.1, 0.15) is 31.7 Å². The van der Waals surface area contributed by atoms with Crippen molar-refractivity contribution in [1.29, 1.82) is 0 Å². The van der Waals surface area contributed by atoms with Gasteiger partial charge in [0, 0.05) is 37.5 Å². The van der Waals surface area contributed by atoms with Gasteiger partial charge in [-0.25, -0.2) is 0 Å². The third-order valence-corrected chi connectivity index (χ3v) is 3.78. The highest BCUT2D eigenvalue weighted by atomic mass is 32.1. The minimum absolute atomic E-state index is 0.455. The second-order valence-electron chi connectivity index (χ2n) is 5.92. The Morgan fingerprint density at radius 2 is 2.20 bits per heavy atom. The van der Waals surface area contributed by atoms with Gasteiger partial charge in [-0.15, -0.1) is 0 Å². The van der Waals surface area contributed by atoms with Crippen LogP contribution in [0.15, 0.2) is 24.3 Å². The van der Waals surface area contributed by atoms with Crippen LogP contribution in [0.5, 0.6) is 5.75 Å². The first kappa shape index (κ1) is 15.3. The summed E-state index contributed by atoms with van der Waals surface area (Å²) >= 11 is 5.00. The molecule has 2 N–H and O–H groups in total. The lowest BCUT2D eigenvalue weighted by atomic mass is 10.00. The lowest BCUT2D eigenvalue weighted by Gasteiger charge is -2.26. The lowest BCUT2D eigenvalue weighted by molar-refractivity contribution is 0.218. The molecule has 1 aromatic carbocycles. The fourth-order valence-corrected chi connectivity index (χ4v) is 2.83. The predicted octanol–water partition coefficient (Wildman–Crippen LogP) is 2.80. The SMILES string of the molecule is CC(C)CN(CCC(N)=S)CC1COc2ccccc21. The van der Waals surface area contributed by atoms with E-state index in [1.807, 2.05) is 6.07 Å². The van der Waals surface area contributed by atoms with Crippen LogP contribution in [0.2, 0.25) is 0 Å². The molecule has 0 aliphatic carbocycles. The summed E-state index contributed by atoms with van der Waals surface area (Å²) in [5.41, 5.74) is 6.97. The number of nitrogens with zero attached hydrogens (tertiary/aromatic N) is 1. The molecule has 0 saturated carbocycles. The maximum absolute atomic E-state index is 5.77. The molecule has 0 saturated heterocycles. The van der Waals surface area contributed by atoms with Crippen molar-refractivity contribution >= 4 is 17.2 Å². The maximum atomic E-state index is 5.77. The van der Waals surface area contributed by atoms with Crippen LogP contribution in [0.4, 0.5) is 0 Å². The van der Waals surface area contributed by atoms with Crippen molar-refractivity contribution in [3.05, 3.63) is 29.8 Å². The summed E-state index contributed by atoms with van der Waals surface area (Å²) in [5, 5.41) is 0. The second-order valence-corrected chi connectivity index (χ2v) is 6.44. The van der Waals surface area contributed by atoms with E-state index in [1.165, 1.54) is 5.56 Å². The molecule has 0 fully saturated rings. The van der Waals surface area contributed by atoms with Gasteiger partial charge in [0.1, 0.15) is 5.75 Å². The van der Waals surface area contributed by atoms with Gasteiger partial charge in [0.15, 0.2) is 0 Å². The van der Waals surface area contributed by atoms with E-state index in [4.69, 9.17) is 22.7 Å². The molecule has 110 valence electrons. The second kappa shape index (κ2) is 7.04. The molecule has 0 amide bonds. The Bertz CT molecular complexity index is 462. The van der Waals surface area contributed by atoms with Crippen molar-refractivity contribution in [2.75, 3.05) is 26.2 Å². The fourth-order valence-electron chi connectivity index (χ4n) is 2.73. The molecule has 0 aromatic heterocycles. The van der Waals surface area contributed by atoms with Gasteiger partial charge in [-0.1, -0.05) is 44.3 Å². The minimum Gasteiger partial charge on any atom is -0.493 e. The fraction of sp³-hybridized carbons (Fsp3) is 0.562. The summed E-state index contributed by atoms with van der Waals surface area (Å²) in [6, 6.07) is 8.34. The molecule has 1 unspecified atom stereocenters. The summed E-state index contributed by atoms with van der Waals surface area (Å²) in [7, 11) is 0. The zero-order valence-electron chi connectivity index (χ0n) is 12.3. The van der Waals surface area contributed by atoms with E-state index < -0.39 is 0 Å². The molecular formula is C16H24N2OS. The number of fused-ring (bicyclic) bond motifs is 1. The largest absolute Gasteiger partial charge is 0.493 e. The molecule has 1 aromatic rings. The van der Waals surface area contributed by atoms with Gasteiger partial charge < -0.3 is 15.4 Å². The molecule has 3 nitrogen and oxygen atoms in total. The monoisotopic (exact) mass is 292 g/mol. The van der Waals surface area contributed by atoms with Crippen molar-refractivity contribution in [1.82, 2.24) is 4.90 Å². The Hall–Kier alpha value is -1.13. The summed E-state index contributed by atoms with van der Waals surface area (Å²) in [6.45, 7) is 8.28. The first-order valence-electron chi connectivity index (χ1n) is 7.28. The number of rotatable bonds is 7. The van der Waals surface area contributed by atoms with Crippen LogP contribution >= 0.6 is 12.2 Å². The van der Waals surface area contributed by atoms with Crippen LogP contribution in [0.3, 0.4) is 0 Å². The van der Waals surface area contributed by atoms with Crippen molar-refractivity contribution in [3.63, 3.8) is 0 Å². The van der Waals surface area contributed by atoms with Crippen molar-refractivity contribution in [2.24, 2.45) is 11.7 Å². The van der Waals surface area contributed by atoms with Gasteiger partial charge in [0.25, 0.3) is 0 Å². The van der Waals surface area contributed by atoms with Crippen molar-refractivity contribution in [3.8, 4) is 5.75 Å². The number of hydrogen-bond acceptors (Lipinski definition) is 3. The quantitative estimate of drug-likeness (QED) is 0.784. The van der Waals surface area contributed by atoms with Crippen LogP contribution in [-0.2, 0) is 0 Å². The normalized spacial score (nSPS) is 17.3.